The lowest BCUT2D eigenvalue weighted by atomic mass is 10.2. The SMILES string of the molecule is COc1ccccc1NC(=O)c1ccc(S(=O)(=O)N(CC(C)C)CC(C)C)cc1. The largest absolute Gasteiger partial charge is 0.495 e. The Kier molecular flexibility index (Phi) is 7.81. The number of carbonyl (C=O) groups is 1. The molecule has 0 heterocycles. The Balaban J connectivity index is 2.22. The summed E-state index contributed by atoms with van der Waals surface area (Å²) in [6, 6.07) is 13.1. The minimum Gasteiger partial charge on any atom is -0.495 e. The summed E-state index contributed by atoms with van der Waals surface area (Å²) in [6.45, 7) is 8.89. The van der Waals surface area contributed by atoms with E-state index in [1.807, 2.05) is 33.8 Å². The van der Waals surface area contributed by atoms with Crippen LogP contribution in [0.3, 0.4) is 0 Å². The Labute approximate surface area is 173 Å². The third-order valence-electron chi connectivity index (χ3n) is 4.25. The van der Waals surface area contributed by atoms with Crippen LogP contribution in [0.1, 0.15) is 38.1 Å². The molecule has 2 aromatic rings. The van der Waals surface area contributed by atoms with Crippen molar-refractivity contribution in [1.82, 2.24) is 4.31 Å². The van der Waals surface area contributed by atoms with Crippen molar-refractivity contribution >= 4 is 21.6 Å². The number of para-hydroxylation sites is 2. The van der Waals surface area contributed by atoms with Crippen LogP contribution in [0, 0.1) is 11.8 Å². The summed E-state index contributed by atoms with van der Waals surface area (Å²) in [5.74, 6) is 0.654. The Hall–Kier alpha value is -2.38. The smallest absolute Gasteiger partial charge is 0.255 e. The molecule has 1 N–H and O–H groups in total. The van der Waals surface area contributed by atoms with Crippen molar-refractivity contribution in [3.63, 3.8) is 0 Å². The number of anilines is 1. The molecular weight excluding hydrogens is 388 g/mol. The summed E-state index contributed by atoms with van der Waals surface area (Å²) >= 11 is 0. The van der Waals surface area contributed by atoms with E-state index in [2.05, 4.69) is 5.32 Å². The number of rotatable bonds is 9. The fourth-order valence-corrected chi connectivity index (χ4v) is 4.72. The van der Waals surface area contributed by atoms with Crippen LogP contribution < -0.4 is 10.1 Å². The van der Waals surface area contributed by atoms with Crippen LogP contribution in [0.4, 0.5) is 5.69 Å². The monoisotopic (exact) mass is 418 g/mol. The van der Waals surface area contributed by atoms with Crippen LogP contribution in [-0.4, -0.2) is 38.8 Å². The average molecular weight is 419 g/mol. The fraction of sp³-hybridized carbons (Fsp3) is 0.409. The number of benzene rings is 2. The third kappa shape index (κ3) is 6.05. The summed E-state index contributed by atoms with van der Waals surface area (Å²) in [6.07, 6.45) is 0. The molecule has 29 heavy (non-hydrogen) atoms. The molecule has 0 saturated carbocycles. The molecule has 0 saturated heterocycles. The lowest BCUT2D eigenvalue weighted by Crippen LogP contribution is -2.37. The molecule has 0 unspecified atom stereocenters. The molecule has 2 rings (SSSR count). The lowest BCUT2D eigenvalue weighted by molar-refractivity contribution is 0.102. The third-order valence-corrected chi connectivity index (χ3v) is 6.09. The summed E-state index contributed by atoms with van der Waals surface area (Å²) in [5, 5.41) is 2.79. The fourth-order valence-electron chi connectivity index (χ4n) is 2.96. The molecule has 0 atom stereocenters. The Morgan fingerprint density at radius 3 is 2.03 bits per heavy atom. The summed E-state index contributed by atoms with van der Waals surface area (Å²) in [4.78, 5) is 12.7. The molecule has 0 fully saturated rings. The Morgan fingerprint density at radius 2 is 1.52 bits per heavy atom. The van der Waals surface area contributed by atoms with Gasteiger partial charge in [-0.2, -0.15) is 4.31 Å². The molecule has 2 aromatic carbocycles. The van der Waals surface area contributed by atoms with Gasteiger partial charge in [0.25, 0.3) is 5.91 Å². The minimum atomic E-state index is -3.62. The normalized spacial score (nSPS) is 11.9. The molecule has 0 aromatic heterocycles. The zero-order valence-electron chi connectivity index (χ0n) is 17.7. The highest BCUT2D eigenvalue weighted by molar-refractivity contribution is 7.89. The molecule has 0 radical (unpaired) electrons. The predicted molar refractivity (Wildman–Crippen MR) is 116 cm³/mol. The van der Waals surface area contributed by atoms with E-state index < -0.39 is 10.0 Å². The standard InChI is InChI=1S/C22H30N2O4S/c1-16(2)14-24(15-17(3)4)29(26,27)19-12-10-18(11-13-19)22(25)23-20-8-6-7-9-21(20)28-5/h6-13,16-17H,14-15H2,1-5H3,(H,23,25). The van der Waals surface area contributed by atoms with E-state index in [4.69, 9.17) is 4.74 Å². The number of hydrogen-bond acceptors (Lipinski definition) is 4. The second-order valence-corrected chi connectivity index (χ2v) is 9.73. The van der Waals surface area contributed by atoms with Crippen LogP contribution in [-0.2, 0) is 10.0 Å². The highest BCUT2D eigenvalue weighted by Gasteiger charge is 2.26. The number of carbonyl (C=O) groups excluding carboxylic acids is 1. The van der Waals surface area contributed by atoms with Gasteiger partial charge in [0.1, 0.15) is 5.75 Å². The Bertz CT molecular complexity index is 912. The molecule has 1 amide bonds. The van der Waals surface area contributed by atoms with Gasteiger partial charge in [-0.25, -0.2) is 8.42 Å². The first kappa shape index (κ1) is 22.9. The predicted octanol–water partition coefficient (Wildman–Crippen LogP) is 4.25. The van der Waals surface area contributed by atoms with Crippen molar-refractivity contribution in [2.45, 2.75) is 32.6 Å². The number of amides is 1. The van der Waals surface area contributed by atoms with Crippen molar-refractivity contribution < 1.29 is 17.9 Å². The summed E-state index contributed by atoms with van der Waals surface area (Å²) < 4.78 is 32.9. The van der Waals surface area contributed by atoms with Crippen molar-refractivity contribution in [3.05, 3.63) is 54.1 Å². The van der Waals surface area contributed by atoms with E-state index >= 15 is 0 Å². The van der Waals surface area contributed by atoms with Gasteiger partial charge >= 0.3 is 0 Å². The van der Waals surface area contributed by atoms with Crippen LogP contribution >= 0.6 is 0 Å². The van der Waals surface area contributed by atoms with Gasteiger partial charge in [0.2, 0.25) is 10.0 Å². The molecule has 0 bridgehead atoms. The quantitative estimate of drug-likeness (QED) is 0.660. The maximum atomic E-state index is 13.1. The van der Waals surface area contributed by atoms with Gasteiger partial charge in [-0.15, -0.1) is 0 Å². The van der Waals surface area contributed by atoms with Crippen molar-refractivity contribution in [3.8, 4) is 5.75 Å². The first-order valence-electron chi connectivity index (χ1n) is 9.69. The molecular formula is C22H30N2O4S. The van der Waals surface area contributed by atoms with Gasteiger partial charge in [-0.05, 0) is 48.2 Å². The molecule has 0 spiro atoms. The van der Waals surface area contributed by atoms with E-state index in [9.17, 15) is 13.2 Å². The van der Waals surface area contributed by atoms with Crippen LogP contribution in [0.5, 0.6) is 5.75 Å². The molecule has 0 aliphatic carbocycles. The summed E-state index contributed by atoms with van der Waals surface area (Å²) in [7, 11) is -2.09. The average Bonchev–Trinajstić information content (AvgIpc) is 2.67. The topological polar surface area (TPSA) is 75.7 Å². The van der Waals surface area contributed by atoms with Gasteiger partial charge in [-0.3, -0.25) is 4.79 Å². The zero-order valence-corrected chi connectivity index (χ0v) is 18.5. The maximum absolute atomic E-state index is 13.1. The van der Waals surface area contributed by atoms with Gasteiger partial charge < -0.3 is 10.1 Å². The Morgan fingerprint density at radius 1 is 0.966 bits per heavy atom. The number of nitrogens with zero attached hydrogens (tertiary/aromatic N) is 1. The second-order valence-electron chi connectivity index (χ2n) is 7.79. The van der Waals surface area contributed by atoms with E-state index in [1.165, 1.54) is 35.7 Å². The molecule has 158 valence electrons. The lowest BCUT2D eigenvalue weighted by Gasteiger charge is -2.25. The first-order valence-corrected chi connectivity index (χ1v) is 11.1. The number of ether oxygens (including phenoxy) is 1. The second kappa shape index (κ2) is 9.89. The molecule has 7 heteroatoms. The number of nitrogens with one attached hydrogen (secondary N) is 1. The van der Waals surface area contributed by atoms with E-state index in [0.717, 1.165) is 0 Å². The number of sulfonamides is 1. The van der Waals surface area contributed by atoms with E-state index in [-0.39, 0.29) is 22.6 Å². The highest BCUT2D eigenvalue weighted by atomic mass is 32.2. The number of hydrogen-bond donors (Lipinski definition) is 1. The minimum absolute atomic E-state index is 0.188. The van der Waals surface area contributed by atoms with Crippen molar-refractivity contribution in [1.29, 1.82) is 0 Å². The van der Waals surface area contributed by atoms with Gasteiger partial charge in [-0.1, -0.05) is 39.8 Å². The van der Waals surface area contributed by atoms with E-state index in [1.54, 1.807) is 18.2 Å². The molecule has 0 aliphatic rings. The van der Waals surface area contributed by atoms with Crippen LogP contribution in [0.15, 0.2) is 53.4 Å². The summed E-state index contributed by atoms with van der Waals surface area (Å²) in [5.41, 5.74) is 0.922. The first-order chi connectivity index (χ1) is 13.6. The highest BCUT2D eigenvalue weighted by Crippen LogP contribution is 2.24. The van der Waals surface area contributed by atoms with Crippen LogP contribution in [0.2, 0.25) is 0 Å². The zero-order chi connectivity index (χ0) is 21.6. The van der Waals surface area contributed by atoms with Crippen molar-refractivity contribution in [2.24, 2.45) is 11.8 Å². The molecule has 6 nitrogen and oxygen atoms in total. The maximum Gasteiger partial charge on any atom is 0.255 e. The molecule has 0 aliphatic heterocycles. The van der Waals surface area contributed by atoms with Crippen molar-refractivity contribution in [2.75, 3.05) is 25.5 Å². The van der Waals surface area contributed by atoms with Gasteiger partial charge in [0, 0.05) is 18.7 Å². The van der Waals surface area contributed by atoms with Gasteiger partial charge in [0.15, 0.2) is 0 Å². The number of methoxy groups -OCH3 is 1. The van der Waals surface area contributed by atoms with Crippen LogP contribution in [0.25, 0.3) is 0 Å². The van der Waals surface area contributed by atoms with Gasteiger partial charge in [0.05, 0.1) is 17.7 Å². The van der Waals surface area contributed by atoms with E-state index in [0.29, 0.717) is 30.1 Å².